The minimum atomic E-state index is -3.74. The van der Waals surface area contributed by atoms with Gasteiger partial charge in [0.05, 0.1) is 11.9 Å². The van der Waals surface area contributed by atoms with Crippen LogP contribution in [-0.2, 0) is 16.6 Å². The molecular weight excluding hydrogens is 300 g/mol. The van der Waals surface area contributed by atoms with Gasteiger partial charge in [-0.1, -0.05) is 13.0 Å². The van der Waals surface area contributed by atoms with E-state index in [1.807, 2.05) is 0 Å². The van der Waals surface area contributed by atoms with Gasteiger partial charge in [0.2, 0.25) is 10.0 Å². The Labute approximate surface area is 121 Å². The molecule has 1 N–H and O–H groups in total. The highest BCUT2D eigenvalue weighted by Gasteiger charge is 2.26. The highest BCUT2D eigenvalue weighted by molar-refractivity contribution is 7.89. The van der Waals surface area contributed by atoms with Gasteiger partial charge in [-0.15, -0.1) is 0 Å². The third-order valence-electron chi connectivity index (χ3n) is 3.10. The molecule has 0 fully saturated rings. The van der Waals surface area contributed by atoms with Gasteiger partial charge in [-0.25, -0.2) is 17.2 Å². The van der Waals surface area contributed by atoms with Crippen LogP contribution in [0.2, 0.25) is 0 Å². The van der Waals surface area contributed by atoms with E-state index in [4.69, 9.17) is 0 Å². The summed E-state index contributed by atoms with van der Waals surface area (Å²) in [6.45, 7) is 3.44. The van der Waals surface area contributed by atoms with E-state index >= 15 is 0 Å². The first-order valence-corrected chi connectivity index (χ1v) is 7.74. The Hall–Kier alpha value is -1.80. The Morgan fingerprint density at radius 3 is 2.52 bits per heavy atom. The maximum absolute atomic E-state index is 13.2. The summed E-state index contributed by atoms with van der Waals surface area (Å²) >= 11 is 0. The van der Waals surface area contributed by atoms with Gasteiger partial charge in [0.1, 0.15) is 4.90 Å². The molecule has 0 saturated heterocycles. The molecule has 0 aliphatic heterocycles. The molecule has 114 valence electrons. The molecule has 5 nitrogen and oxygen atoms in total. The van der Waals surface area contributed by atoms with E-state index < -0.39 is 21.7 Å². The van der Waals surface area contributed by atoms with Crippen LogP contribution in [-0.4, -0.2) is 29.5 Å². The Kier molecular flexibility index (Phi) is 4.38. The molecule has 0 atom stereocenters. The van der Waals surface area contributed by atoms with Gasteiger partial charge in [-0.3, -0.25) is 5.10 Å². The maximum Gasteiger partial charge on any atom is 0.246 e. The molecule has 0 aliphatic rings. The van der Waals surface area contributed by atoms with E-state index in [2.05, 4.69) is 10.2 Å². The molecule has 2 rings (SSSR count). The average Bonchev–Trinajstić information content (AvgIpc) is 2.86. The zero-order valence-corrected chi connectivity index (χ0v) is 12.4. The van der Waals surface area contributed by atoms with Gasteiger partial charge in [-0.05, 0) is 24.6 Å². The monoisotopic (exact) mass is 315 g/mol. The van der Waals surface area contributed by atoms with Crippen molar-refractivity contribution in [3.8, 4) is 0 Å². The number of benzene rings is 1. The fourth-order valence-electron chi connectivity index (χ4n) is 1.95. The second-order valence-electron chi connectivity index (χ2n) is 4.54. The molecule has 8 heteroatoms. The van der Waals surface area contributed by atoms with Crippen LogP contribution in [0.15, 0.2) is 29.3 Å². The summed E-state index contributed by atoms with van der Waals surface area (Å²) in [5.41, 5.74) is 0.805. The van der Waals surface area contributed by atoms with Crippen LogP contribution in [0.3, 0.4) is 0 Å². The van der Waals surface area contributed by atoms with Gasteiger partial charge >= 0.3 is 0 Å². The number of aryl methyl sites for hydroxylation is 1. The Bertz CT molecular complexity index is 744. The van der Waals surface area contributed by atoms with Crippen LogP contribution in [0.5, 0.6) is 0 Å². The predicted molar refractivity (Wildman–Crippen MR) is 73.0 cm³/mol. The second-order valence-corrected chi connectivity index (χ2v) is 6.45. The number of hydrogen-bond acceptors (Lipinski definition) is 3. The van der Waals surface area contributed by atoms with Crippen LogP contribution < -0.4 is 0 Å². The molecule has 0 unspecified atom stereocenters. The first-order valence-electron chi connectivity index (χ1n) is 6.30. The summed E-state index contributed by atoms with van der Waals surface area (Å²) in [5, 5.41) is 6.27. The standard InChI is InChI=1S/C13H15F2N3O2S/c1-3-18(8-10-4-5-11(14)12(15)6-10)21(19,20)13-7-16-17-9(13)2/h4-7H,3,8H2,1-2H3,(H,16,17). The largest absolute Gasteiger partial charge is 0.281 e. The van der Waals surface area contributed by atoms with E-state index in [0.717, 1.165) is 12.1 Å². The van der Waals surface area contributed by atoms with Crippen molar-refractivity contribution >= 4 is 10.0 Å². The number of nitrogens with one attached hydrogen (secondary N) is 1. The molecule has 21 heavy (non-hydrogen) atoms. The molecule has 0 radical (unpaired) electrons. The van der Waals surface area contributed by atoms with Crippen LogP contribution >= 0.6 is 0 Å². The number of rotatable bonds is 5. The van der Waals surface area contributed by atoms with Gasteiger partial charge in [0.25, 0.3) is 0 Å². The lowest BCUT2D eigenvalue weighted by molar-refractivity contribution is 0.420. The van der Waals surface area contributed by atoms with Crippen LogP contribution in [0.1, 0.15) is 18.2 Å². The van der Waals surface area contributed by atoms with Gasteiger partial charge in [0.15, 0.2) is 11.6 Å². The molecule has 0 bridgehead atoms. The van der Waals surface area contributed by atoms with E-state index in [-0.39, 0.29) is 18.0 Å². The molecule has 1 aromatic carbocycles. The number of H-pyrrole nitrogens is 1. The predicted octanol–water partition coefficient (Wildman–Crippen LogP) is 2.21. The highest BCUT2D eigenvalue weighted by Crippen LogP contribution is 2.20. The van der Waals surface area contributed by atoms with Crippen molar-refractivity contribution in [1.29, 1.82) is 0 Å². The topological polar surface area (TPSA) is 66.1 Å². The van der Waals surface area contributed by atoms with E-state index in [1.54, 1.807) is 13.8 Å². The van der Waals surface area contributed by atoms with Gasteiger partial charge in [0, 0.05) is 13.1 Å². The lowest BCUT2D eigenvalue weighted by Crippen LogP contribution is -2.30. The molecule has 2 aromatic rings. The summed E-state index contributed by atoms with van der Waals surface area (Å²) in [7, 11) is -3.74. The van der Waals surface area contributed by atoms with Crippen molar-refractivity contribution in [3.63, 3.8) is 0 Å². The summed E-state index contributed by atoms with van der Waals surface area (Å²) in [5.74, 6) is -1.96. The minimum Gasteiger partial charge on any atom is -0.281 e. The number of hydrogen-bond donors (Lipinski definition) is 1. The van der Waals surface area contributed by atoms with Crippen molar-refractivity contribution < 1.29 is 17.2 Å². The fourth-order valence-corrected chi connectivity index (χ4v) is 3.50. The minimum absolute atomic E-state index is 0.0410. The van der Waals surface area contributed by atoms with Crippen LogP contribution in [0, 0.1) is 18.6 Å². The molecule has 0 amide bonds. The zero-order valence-electron chi connectivity index (χ0n) is 11.6. The average molecular weight is 315 g/mol. The van der Waals surface area contributed by atoms with Gasteiger partial charge < -0.3 is 0 Å². The highest BCUT2D eigenvalue weighted by atomic mass is 32.2. The Morgan fingerprint density at radius 1 is 1.29 bits per heavy atom. The number of halogens is 2. The molecule has 0 saturated carbocycles. The third kappa shape index (κ3) is 3.11. The van der Waals surface area contributed by atoms with E-state index in [1.165, 1.54) is 16.6 Å². The molecular formula is C13H15F2N3O2S. The number of sulfonamides is 1. The quantitative estimate of drug-likeness (QED) is 0.920. The first kappa shape index (κ1) is 15.6. The first-order chi connectivity index (χ1) is 9.86. The maximum atomic E-state index is 13.2. The number of aromatic nitrogens is 2. The van der Waals surface area contributed by atoms with Gasteiger partial charge in [-0.2, -0.15) is 9.40 Å². The Morgan fingerprint density at radius 2 is 2.00 bits per heavy atom. The van der Waals surface area contributed by atoms with Crippen LogP contribution in [0.25, 0.3) is 0 Å². The fraction of sp³-hybridized carbons (Fsp3) is 0.308. The summed E-state index contributed by atoms with van der Waals surface area (Å²) < 4.78 is 52.3. The van der Waals surface area contributed by atoms with E-state index in [0.29, 0.717) is 11.3 Å². The van der Waals surface area contributed by atoms with Crippen LogP contribution in [0.4, 0.5) is 8.78 Å². The lowest BCUT2D eigenvalue weighted by Gasteiger charge is -2.20. The normalized spacial score (nSPS) is 12.0. The summed E-state index contributed by atoms with van der Waals surface area (Å²) in [4.78, 5) is 0.0759. The molecule has 0 spiro atoms. The second kappa shape index (κ2) is 5.90. The van der Waals surface area contributed by atoms with Crippen molar-refractivity contribution in [1.82, 2.24) is 14.5 Å². The lowest BCUT2D eigenvalue weighted by atomic mass is 10.2. The SMILES string of the molecule is CCN(Cc1ccc(F)c(F)c1)S(=O)(=O)c1cn[nH]c1C. The smallest absolute Gasteiger partial charge is 0.246 e. The molecule has 1 heterocycles. The van der Waals surface area contributed by atoms with E-state index in [9.17, 15) is 17.2 Å². The summed E-state index contributed by atoms with van der Waals surface area (Å²) in [6, 6.07) is 3.34. The van der Waals surface area contributed by atoms with Crippen molar-refractivity contribution in [2.75, 3.05) is 6.54 Å². The van der Waals surface area contributed by atoms with Crippen molar-refractivity contribution in [2.24, 2.45) is 0 Å². The van der Waals surface area contributed by atoms with Crippen molar-refractivity contribution in [3.05, 3.63) is 47.3 Å². The molecule has 0 aliphatic carbocycles. The Balaban J connectivity index is 2.32. The number of nitrogens with zero attached hydrogens (tertiary/aromatic N) is 2. The zero-order chi connectivity index (χ0) is 15.6. The van der Waals surface area contributed by atoms with Crippen molar-refractivity contribution in [2.45, 2.75) is 25.3 Å². The summed E-state index contributed by atoms with van der Waals surface area (Å²) in [6.07, 6.45) is 1.23. The molecule has 1 aromatic heterocycles. The third-order valence-corrected chi connectivity index (χ3v) is 5.13. The number of aromatic amines is 1.